The Labute approximate surface area is 227 Å². The van der Waals surface area contributed by atoms with E-state index in [-0.39, 0.29) is 23.5 Å². The molecule has 1 heterocycles. The molecule has 0 spiro atoms. The fourth-order valence-corrected chi connectivity index (χ4v) is 4.63. The number of imide groups is 1. The van der Waals surface area contributed by atoms with E-state index < -0.39 is 23.7 Å². The number of anilines is 1. The van der Waals surface area contributed by atoms with Crippen LogP contribution in [-0.2, 0) is 19.1 Å². The highest BCUT2D eigenvalue weighted by molar-refractivity contribution is 9.10. The molecule has 9 nitrogen and oxygen atoms in total. The number of ether oxygens (including phenoxy) is 3. The second-order valence-electron chi connectivity index (χ2n) is 8.40. The summed E-state index contributed by atoms with van der Waals surface area (Å²) in [5.41, 5.74) is 3.25. The third kappa shape index (κ3) is 7.14. The van der Waals surface area contributed by atoms with Crippen LogP contribution in [0.4, 0.5) is 10.5 Å². The van der Waals surface area contributed by atoms with Crippen molar-refractivity contribution in [3.63, 3.8) is 0 Å². The molecule has 196 valence electrons. The van der Waals surface area contributed by atoms with Gasteiger partial charge in [0, 0.05) is 10.2 Å². The van der Waals surface area contributed by atoms with Gasteiger partial charge in [0.15, 0.2) is 18.1 Å². The van der Waals surface area contributed by atoms with Gasteiger partial charge in [-0.05, 0) is 86.5 Å². The van der Waals surface area contributed by atoms with Crippen LogP contribution in [0, 0.1) is 13.8 Å². The zero-order valence-corrected chi connectivity index (χ0v) is 23.4. The first kappa shape index (κ1) is 28.3. The smallest absolute Gasteiger partial charge is 0.326 e. The Balaban J connectivity index is 1.66. The third-order valence-corrected chi connectivity index (χ3v) is 7.13. The van der Waals surface area contributed by atoms with Crippen LogP contribution < -0.4 is 14.8 Å². The molecular formula is C26H27BrN2O7S. The summed E-state index contributed by atoms with van der Waals surface area (Å²) < 4.78 is 17.0. The van der Waals surface area contributed by atoms with Gasteiger partial charge >= 0.3 is 5.97 Å². The third-order valence-electron chi connectivity index (χ3n) is 5.37. The van der Waals surface area contributed by atoms with Gasteiger partial charge in [0.2, 0.25) is 0 Å². The van der Waals surface area contributed by atoms with E-state index in [4.69, 9.17) is 14.2 Å². The Hall–Kier alpha value is -3.31. The molecule has 1 saturated heterocycles. The fourth-order valence-electron chi connectivity index (χ4n) is 3.36. The highest BCUT2D eigenvalue weighted by atomic mass is 79.9. The lowest BCUT2D eigenvalue weighted by Crippen LogP contribution is -2.35. The average Bonchev–Trinajstić information content (AvgIpc) is 3.10. The van der Waals surface area contributed by atoms with Crippen molar-refractivity contribution in [1.82, 2.24) is 4.90 Å². The molecule has 0 radical (unpaired) electrons. The molecule has 2 aromatic carbocycles. The molecule has 2 aromatic rings. The molecule has 1 aliphatic heterocycles. The maximum Gasteiger partial charge on any atom is 0.326 e. The normalized spacial score (nSPS) is 14.4. The van der Waals surface area contributed by atoms with E-state index in [9.17, 15) is 19.2 Å². The number of nitrogens with zero attached hydrogens (tertiary/aromatic N) is 1. The maximum absolute atomic E-state index is 12.7. The lowest BCUT2D eigenvalue weighted by molar-refractivity contribution is -0.149. The molecule has 37 heavy (non-hydrogen) atoms. The highest BCUT2D eigenvalue weighted by Gasteiger charge is 2.36. The Morgan fingerprint density at radius 2 is 1.84 bits per heavy atom. The SMILES string of the molecule is COc1cc(/C=C2/SC(=O)N(CC(=O)OC(C)C)C2=O)ccc1OCC(=O)Nc1ccc(Br)c(C)c1C. The molecule has 0 bridgehead atoms. The standard InChI is InChI=1S/C26H27BrN2O7S/c1-14(2)36-24(31)12-29-25(32)22(37-26(29)33)11-17-6-9-20(21(10-17)34-5)35-13-23(30)28-19-8-7-18(27)15(3)16(19)4/h6-11,14H,12-13H2,1-5H3,(H,28,30)/b22-11+. The predicted octanol–water partition coefficient (Wildman–Crippen LogP) is 5.08. The number of nitrogens with one attached hydrogen (secondary N) is 1. The van der Waals surface area contributed by atoms with Gasteiger partial charge in [0.1, 0.15) is 6.54 Å². The predicted molar refractivity (Wildman–Crippen MR) is 145 cm³/mol. The number of carbonyl (C=O) groups excluding carboxylic acids is 4. The Bertz CT molecular complexity index is 1280. The summed E-state index contributed by atoms with van der Waals surface area (Å²) in [7, 11) is 1.45. The number of hydrogen-bond donors (Lipinski definition) is 1. The molecule has 1 N–H and O–H groups in total. The van der Waals surface area contributed by atoms with Gasteiger partial charge in [-0.25, -0.2) is 0 Å². The van der Waals surface area contributed by atoms with Gasteiger partial charge in [0.05, 0.1) is 18.1 Å². The number of esters is 1. The summed E-state index contributed by atoms with van der Waals surface area (Å²) in [6, 6.07) is 8.58. The van der Waals surface area contributed by atoms with Crippen molar-refractivity contribution in [2.45, 2.75) is 33.8 Å². The quantitative estimate of drug-likeness (QED) is 0.318. The molecule has 0 unspecified atom stereocenters. The second-order valence-corrected chi connectivity index (χ2v) is 10.2. The van der Waals surface area contributed by atoms with Crippen LogP contribution in [0.5, 0.6) is 11.5 Å². The molecule has 11 heteroatoms. The summed E-state index contributed by atoms with van der Waals surface area (Å²) in [5, 5.41) is 2.29. The van der Waals surface area contributed by atoms with E-state index in [1.807, 2.05) is 26.0 Å². The topological polar surface area (TPSA) is 111 Å². The molecular weight excluding hydrogens is 564 g/mol. The first-order chi connectivity index (χ1) is 17.5. The molecule has 0 atom stereocenters. The van der Waals surface area contributed by atoms with Gasteiger partial charge in [0.25, 0.3) is 17.1 Å². The van der Waals surface area contributed by atoms with E-state index in [0.717, 1.165) is 32.3 Å². The number of methoxy groups -OCH3 is 1. The minimum atomic E-state index is -0.656. The first-order valence-corrected chi connectivity index (χ1v) is 12.9. The van der Waals surface area contributed by atoms with Crippen LogP contribution in [0.1, 0.15) is 30.5 Å². The number of halogens is 1. The highest BCUT2D eigenvalue weighted by Crippen LogP contribution is 2.34. The monoisotopic (exact) mass is 590 g/mol. The minimum absolute atomic E-state index is 0.164. The van der Waals surface area contributed by atoms with Crippen molar-refractivity contribution >= 4 is 62.5 Å². The van der Waals surface area contributed by atoms with Gasteiger partial charge in [-0.1, -0.05) is 22.0 Å². The van der Waals surface area contributed by atoms with Crippen LogP contribution >= 0.6 is 27.7 Å². The van der Waals surface area contributed by atoms with E-state index in [0.29, 0.717) is 22.7 Å². The molecule has 1 aliphatic rings. The van der Waals surface area contributed by atoms with E-state index in [2.05, 4.69) is 21.2 Å². The number of thioether (sulfide) groups is 1. The molecule has 0 saturated carbocycles. The Kier molecular flexibility index (Phi) is 9.39. The Morgan fingerprint density at radius 3 is 2.51 bits per heavy atom. The zero-order valence-electron chi connectivity index (χ0n) is 21.0. The summed E-state index contributed by atoms with van der Waals surface area (Å²) >= 11 is 4.21. The summed E-state index contributed by atoms with van der Waals surface area (Å²) in [5.74, 6) is -0.887. The van der Waals surface area contributed by atoms with E-state index in [1.165, 1.54) is 13.2 Å². The maximum atomic E-state index is 12.7. The van der Waals surface area contributed by atoms with Crippen molar-refractivity contribution in [3.05, 3.63) is 56.4 Å². The number of amides is 3. The largest absolute Gasteiger partial charge is 0.493 e. The Morgan fingerprint density at radius 1 is 1.11 bits per heavy atom. The molecule has 0 aromatic heterocycles. The van der Waals surface area contributed by atoms with Crippen molar-refractivity contribution < 1.29 is 33.4 Å². The van der Waals surface area contributed by atoms with Crippen molar-refractivity contribution in [3.8, 4) is 11.5 Å². The minimum Gasteiger partial charge on any atom is -0.493 e. The van der Waals surface area contributed by atoms with Gasteiger partial charge in [-0.3, -0.25) is 24.1 Å². The van der Waals surface area contributed by atoms with Crippen molar-refractivity contribution in [2.75, 3.05) is 25.6 Å². The number of carbonyl (C=O) groups is 4. The summed E-state index contributed by atoms with van der Waals surface area (Å²) in [6.07, 6.45) is 1.17. The van der Waals surface area contributed by atoms with Crippen molar-refractivity contribution in [2.24, 2.45) is 0 Å². The summed E-state index contributed by atoms with van der Waals surface area (Å²) in [4.78, 5) is 50.3. The zero-order chi connectivity index (χ0) is 27.3. The lowest BCUT2D eigenvalue weighted by atomic mass is 10.1. The second kappa shape index (κ2) is 12.3. The van der Waals surface area contributed by atoms with Gasteiger partial charge in [-0.2, -0.15) is 0 Å². The van der Waals surface area contributed by atoms with Gasteiger partial charge in [-0.15, -0.1) is 0 Å². The van der Waals surface area contributed by atoms with Gasteiger partial charge < -0.3 is 19.5 Å². The van der Waals surface area contributed by atoms with Crippen LogP contribution in [-0.4, -0.2) is 54.3 Å². The number of rotatable bonds is 9. The molecule has 3 rings (SSSR count). The molecule has 1 fully saturated rings. The number of hydrogen-bond acceptors (Lipinski definition) is 8. The van der Waals surface area contributed by atoms with Crippen molar-refractivity contribution in [1.29, 1.82) is 0 Å². The van der Waals surface area contributed by atoms with Crippen LogP contribution in [0.2, 0.25) is 0 Å². The molecule has 0 aliphatic carbocycles. The van der Waals surface area contributed by atoms with E-state index >= 15 is 0 Å². The van der Waals surface area contributed by atoms with Crippen LogP contribution in [0.15, 0.2) is 39.7 Å². The van der Waals surface area contributed by atoms with E-state index in [1.54, 1.807) is 32.0 Å². The fraction of sp³-hybridized carbons (Fsp3) is 0.308. The number of benzene rings is 2. The van der Waals surface area contributed by atoms with Crippen LogP contribution in [0.25, 0.3) is 6.08 Å². The van der Waals surface area contributed by atoms with Crippen LogP contribution in [0.3, 0.4) is 0 Å². The first-order valence-electron chi connectivity index (χ1n) is 11.3. The molecule has 3 amide bonds. The summed E-state index contributed by atoms with van der Waals surface area (Å²) in [6.45, 7) is 6.56. The lowest BCUT2D eigenvalue weighted by Gasteiger charge is -2.14. The average molecular weight is 591 g/mol.